The highest BCUT2D eigenvalue weighted by atomic mass is 16.5. The van der Waals surface area contributed by atoms with Crippen LogP contribution in [0.25, 0.3) is 0 Å². The number of nitrogens with one attached hydrogen (secondary N) is 1. The smallest absolute Gasteiger partial charge is 0.228 e. The van der Waals surface area contributed by atoms with Crippen LogP contribution in [-0.4, -0.2) is 40.7 Å². The summed E-state index contributed by atoms with van der Waals surface area (Å²) < 4.78 is 5.28. The zero-order valence-electron chi connectivity index (χ0n) is 10.9. The molecule has 5 nitrogen and oxygen atoms in total. The Hall–Kier alpha value is -0.940. The van der Waals surface area contributed by atoms with E-state index in [0.717, 1.165) is 18.1 Å². The normalized spacial score (nSPS) is 21.5. The van der Waals surface area contributed by atoms with Gasteiger partial charge in [-0.05, 0) is 40.3 Å². The van der Waals surface area contributed by atoms with Crippen molar-refractivity contribution in [3.63, 3.8) is 0 Å². The standard InChI is InChI=1S/C12H22N4O/c1-9(2)16-6-4-5-10(16)7-12-14-11(8-13-3)15-17-12/h9-10,13H,4-8H2,1-3H3. The number of nitrogens with zero attached hydrogens (tertiary/aromatic N) is 3. The SMILES string of the molecule is CNCc1noc(CC2CCCN2C(C)C)n1. The Morgan fingerprint density at radius 1 is 1.53 bits per heavy atom. The number of hydrogen-bond donors (Lipinski definition) is 1. The third-order valence-electron chi connectivity index (χ3n) is 3.34. The van der Waals surface area contributed by atoms with Crippen LogP contribution >= 0.6 is 0 Å². The van der Waals surface area contributed by atoms with E-state index >= 15 is 0 Å². The van der Waals surface area contributed by atoms with Crippen LogP contribution in [0, 0.1) is 0 Å². The van der Waals surface area contributed by atoms with Crippen molar-refractivity contribution < 1.29 is 4.52 Å². The Bertz CT molecular complexity index is 350. The van der Waals surface area contributed by atoms with Crippen molar-refractivity contribution in [1.29, 1.82) is 0 Å². The molecule has 1 aromatic heterocycles. The Morgan fingerprint density at radius 3 is 3.06 bits per heavy atom. The van der Waals surface area contributed by atoms with Gasteiger partial charge in [0.25, 0.3) is 0 Å². The second-order valence-electron chi connectivity index (χ2n) is 4.97. The van der Waals surface area contributed by atoms with E-state index in [1.165, 1.54) is 19.4 Å². The van der Waals surface area contributed by atoms with Gasteiger partial charge in [-0.3, -0.25) is 4.90 Å². The van der Waals surface area contributed by atoms with Crippen LogP contribution in [0.3, 0.4) is 0 Å². The first-order valence-electron chi connectivity index (χ1n) is 6.42. The average Bonchev–Trinajstić information content (AvgIpc) is 2.89. The minimum atomic E-state index is 0.567. The number of rotatable bonds is 5. The fraction of sp³-hybridized carbons (Fsp3) is 0.833. The highest BCUT2D eigenvalue weighted by Gasteiger charge is 2.28. The molecule has 0 saturated carbocycles. The van der Waals surface area contributed by atoms with Gasteiger partial charge in [-0.25, -0.2) is 0 Å². The molecule has 1 N–H and O–H groups in total. The van der Waals surface area contributed by atoms with Gasteiger partial charge in [-0.1, -0.05) is 5.16 Å². The van der Waals surface area contributed by atoms with E-state index in [-0.39, 0.29) is 0 Å². The second kappa shape index (κ2) is 5.60. The molecule has 0 aromatic carbocycles. The fourth-order valence-electron chi connectivity index (χ4n) is 2.56. The number of likely N-dealkylation sites (tertiary alicyclic amines) is 1. The summed E-state index contributed by atoms with van der Waals surface area (Å²) in [4.78, 5) is 6.92. The van der Waals surface area contributed by atoms with Crippen LogP contribution in [-0.2, 0) is 13.0 Å². The van der Waals surface area contributed by atoms with Crippen molar-refractivity contribution in [1.82, 2.24) is 20.4 Å². The van der Waals surface area contributed by atoms with Gasteiger partial charge in [-0.2, -0.15) is 4.98 Å². The Balaban J connectivity index is 1.95. The van der Waals surface area contributed by atoms with Crippen LogP contribution < -0.4 is 5.32 Å². The molecule has 0 radical (unpaired) electrons. The highest BCUT2D eigenvalue weighted by Crippen LogP contribution is 2.22. The van der Waals surface area contributed by atoms with Gasteiger partial charge in [0.1, 0.15) is 0 Å². The first-order valence-corrected chi connectivity index (χ1v) is 6.42. The topological polar surface area (TPSA) is 54.2 Å². The van der Waals surface area contributed by atoms with Crippen molar-refractivity contribution >= 4 is 0 Å². The summed E-state index contributed by atoms with van der Waals surface area (Å²) in [6.45, 7) is 6.36. The lowest BCUT2D eigenvalue weighted by molar-refractivity contribution is 0.192. The van der Waals surface area contributed by atoms with Gasteiger partial charge >= 0.3 is 0 Å². The molecule has 5 heteroatoms. The molecule has 1 aliphatic heterocycles. The molecule has 1 saturated heterocycles. The monoisotopic (exact) mass is 238 g/mol. The maximum Gasteiger partial charge on any atom is 0.228 e. The molecule has 1 aromatic rings. The maximum atomic E-state index is 5.28. The fourth-order valence-corrected chi connectivity index (χ4v) is 2.56. The summed E-state index contributed by atoms with van der Waals surface area (Å²) in [5, 5.41) is 6.97. The lowest BCUT2D eigenvalue weighted by atomic mass is 10.1. The lowest BCUT2D eigenvalue weighted by Crippen LogP contribution is -2.36. The zero-order chi connectivity index (χ0) is 12.3. The number of aromatic nitrogens is 2. The van der Waals surface area contributed by atoms with Gasteiger partial charge in [0.2, 0.25) is 5.89 Å². The first-order chi connectivity index (χ1) is 8.20. The molecular weight excluding hydrogens is 216 g/mol. The van der Waals surface area contributed by atoms with Crippen molar-refractivity contribution in [3.8, 4) is 0 Å². The molecule has 1 atom stereocenters. The van der Waals surface area contributed by atoms with E-state index in [1.807, 2.05) is 7.05 Å². The van der Waals surface area contributed by atoms with Gasteiger partial charge in [-0.15, -0.1) is 0 Å². The van der Waals surface area contributed by atoms with E-state index in [0.29, 0.717) is 18.6 Å². The summed E-state index contributed by atoms with van der Waals surface area (Å²) in [5.41, 5.74) is 0. The summed E-state index contributed by atoms with van der Waals surface area (Å²) in [6, 6.07) is 1.17. The van der Waals surface area contributed by atoms with E-state index in [1.54, 1.807) is 0 Å². The van der Waals surface area contributed by atoms with Crippen LogP contribution in [0.15, 0.2) is 4.52 Å². The van der Waals surface area contributed by atoms with E-state index < -0.39 is 0 Å². The third kappa shape index (κ3) is 3.04. The van der Waals surface area contributed by atoms with Crippen LogP contribution in [0.1, 0.15) is 38.4 Å². The minimum absolute atomic E-state index is 0.567. The van der Waals surface area contributed by atoms with Crippen molar-refractivity contribution in [3.05, 3.63) is 11.7 Å². The summed E-state index contributed by atoms with van der Waals surface area (Å²) in [7, 11) is 1.88. The highest BCUT2D eigenvalue weighted by molar-refractivity contribution is 4.92. The maximum absolute atomic E-state index is 5.28. The van der Waals surface area contributed by atoms with E-state index in [9.17, 15) is 0 Å². The molecule has 1 aliphatic rings. The van der Waals surface area contributed by atoms with Crippen molar-refractivity contribution in [2.45, 2.75) is 51.7 Å². The average molecular weight is 238 g/mol. The summed E-state index contributed by atoms with van der Waals surface area (Å²) in [5.74, 6) is 1.52. The molecule has 17 heavy (non-hydrogen) atoms. The molecule has 1 unspecified atom stereocenters. The zero-order valence-corrected chi connectivity index (χ0v) is 10.9. The molecule has 2 rings (SSSR count). The lowest BCUT2D eigenvalue weighted by Gasteiger charge is -2.27. The predicted octanol–water partition coefficient (Wildman–Crippen LogP) is 1.20. The van der Waals surface area contributed by atoms with Crippen LogP contribution in [0.4, 0.5) is 0 Å². The second-order valence-corrected chi connectivity index (χ2v) is 4.97. The Kier molecular flexibility index (Phi) is 4.12. The number of hydrogen-bond acceptors (Lipinski definition) is 5. The molecule has 1 fully saturated rings. The largest absolute Gasteiger partial charge is 0.339 e. The van der Waals surface area contributed by atoms with Gasteiger partial charge < -0.3 is 9.84 Å². The van der Waals surface area contributed by atoms with Crippen molar-refractivity contribution in [2.75, 3.05) is 13.6 Å². The molecule has 0 amide bonds. The van der Waals surface area contributed by atoms with E-state index in [4.69, 9.17) is 4.52 Å². The van der Waals surface area contributed by atoms with Gasteiger partial charge in [0, 0.05) is 18.5 Å². The molecular formula is C12H22N4O. The summed E-state index contributed by atoms with van der Waals surface area (Å²) >= 11 is 0. The Labute approximate surface area is 103 Å². The van der Waals surface area contributed by atoms with Crippen LogP contribution in [0.5, 0.6) is 0 Å². The quantitative estimate of drug-likeness (QED) is 0.835. The first kappa shape index (κ1) is 12.5. The molecule has 0 bridgehead atoms. The third-order valence-corrected chi connectivity index (χ3v) is 3.34. The van der Waals surface area contributed by atoms with Crippen LogP contribution in [0.2, 0.25) is 0 Å². The molecule has 96 valence electrons. The molecule has 0 spiro atoms. The Morgan fingerprint density at radius 2 is 2.35 bits per heavy atom. The molecule has 2 heterocycles. The van der Waals surface area contributed by atoms with Crippen molar-refractivity contribution in [2.24, 2.45) is 0 Å². The van der Waals surface area contributed by atoms with Gasteiger partial charge in [0.05, 0.1) is 6.54 Å². The summed E-state index contributed by atoms with van der Waals surface area (Å²) in [6.07, 6.45) is 3.40. The minimum Gasteiger partial charge on any atom is -0.339 e. The molecule has 0 aliphatic carbocycles. The predicted molar refractivity (Wildman–Crippen MR) is 65.6 cm³/mol. The van der Waals surface area contributed by atoms with E-state index in [2.05, 4.69) is 34.2 Å². The van der Waals surface area contributed by atoms with Gasteiger partial charge in [0.15, 0.2) is 5.82 Å².